The van der Waals surface area contributed by atoms with Gasteiger partial charge in [-0.2, -0.15) is 4.98 Å². The van der Waals surface area contributed by atoms with Gasteiger partial charge in [-0.3, -0.25) is 0 Å². The van der Waals surface area contributed by atoms with Crippen LogP contribution in [0.25, 0.3) is 0 Å². The first-order chi connectivity index (χ1) is 12.9. The normalized spacial score (nSPS) is 14.4. The Bertz CT molecular complexity index is 806. The minimum Gasteiger partial charge on any atom is -0.475 e. The molecule has 7 nitrogen and oxygen atoms in total. The highest BCUT2D eigenvalue weighted by Crippen LogP contribution is 2.20. The minimum atomic E-state index is -0.446. The number of piperazine rings is 1. The van der Waals surface area contributed by atoms with Crippen molar-refractivity contribution in [2.24, 2.45) is 0 Å². The summed E-state index contributed by atoms with van der Waals surface area (Å²) >= 11 is 0. The maximum Gasteiger partial charge on any atom is 0.322 e. The average molecular weight is 373 g/mol. The molecule has 1 aliphatic rings. The van der Waals surface area contributed by atoms with E-state index >= 15 is 0 Å². The van der Waals surface area contributed by atoms with E-state index in [4.69, 9.17) is 4.74 Å². The summed E-state index contributed by atoms with van der Waals surface area (Å²) in [6.45, 7) is 8.01. The van der Waals surface area contributed by atoms with E-state index in [0.29, 0.717) is 37.9 Å². The van der Waals surface area contributed by atoms with Gasteiger partial charge in [-0.1, -0.05) is 12.1 Å². The van der Waals surface area contributed by atoms with Gasteiger partial charge < -0.3 is 19.9 Å². The predicted molar refractivity (Wildman–Crippen MR) is 102 cm³/mol. The van der Waals surface area contributed by atoms with Gasteiger partial charge in [0.15, 0.2) is 0 Å². The largest absolute Gasteiger partial charge is 0.475 e. The van der Waals surface area contributed by atoms with Gasteiger partial charge in [-0.05, 0) is 32.9 Å². The zero-order chi connectivity index (χ0) is 19.4. The number of ether oxygens (including phenoxy) is 1. The molecule has 0 atom stereocenters. The molecular formula is C19H24FN5O2. The summed E-state index contributed by atoms with van der Waals surface area (Å²) < 4.78 is 19.4. The number of carbonyl (C=O) groups is 1. The van der Waals surface area contributed by atoms with Gasteiger partial charge in [0.2, 0.25) is 5.88 Å². The Morgan fingerprint density at radius 3 is 2.56 bits per heavy atom. The third-order valence-electron chi connectivity index (χ3n) is 4.16. The Morgan fingerprint density at radius 1 is 1.19 bits per heavy atom. The fourth-order valence-electron chi connectivity index (χ4n) is 2.88. The summed E-state index contributed by atoms with van der Waals surface area (Å²) in [5.74, 6) is 1.53. The van der Waals surface area contributed by atoms with E-state index in [2.05, 4.69) is 20.2 Å². The molecule has 1 aromatic carbocycles. The molecule has 2 amide bonds. The fraction of sp³-hybridized carbons (Fsp3) is 0.421. The SMILES string of the molecule is Cc1nc(OC(C)C)cc(N2CCN(C(=O)Nc3ccccc3F)CC2)n1. The molecule has 2 aromatic rings. The number of anilines is 2. The lowest BCUT2D eigenvalue weighted by atomic mass is 10.3. The van der Waals surface area contributed by atoms with Crippen molar-refractivity contribution in [3.8, 4) is 5.88 Å². The van der Waals surface area contributed by atoms with Crippen molar-refractivity contribution < 1.29 is 13.9 Å². The van der Waals surface area contributed by atoms with E-state index in [9.17, 15) is 9.18 Å². The van der Waals surface area contributed by atoms with Crippen LogP contribution in [-0.4, -0.2) is 53.2 Å². The van der Waals surface area contributed by atoms with E-state index in [-0.39, 0.29) is 17.8 Å². The fourth-order valence-corrected chi connectivity index (χ4v) is 2.88. The highest BCUT2D eigenvalue weighted by molar-refractivity contribution is 5.89. The van der Waals surface area contributed by atoms with Crippen LogP contribution < -0.4 is 15.0 Å². The van der Waals surface area contributed by atoms with Crippen LogP contribution in [-0.2, 0) is 0 Å². The number of urea groups is 1. The number of hydrogen-bond donors (Lipinski definition) is 1. The summed E-state index contributed by atoms with van der Waals surface area (Å²) in [6, 6.07) is 7.66. The predicted octanol–water partition coefficient (Wildman–Crippen LogP) is 3.07. The molecule has 1 N–H and O–H groups in total. The van der Waals surface area contributed by atoms with Crippen LogP contribution in [0.5, 0.6) is 5.88 Å². The van der Waals surface area contributed by atoms with Gasteiger partial charge in [-0.15, -0.1) is 0 Å². The number of benzene rings is 1. The molecule has 0 aliphatic carbocycles. The number of para-hydroxylation sites is 1. The van der Waals surface area contributed by atoms with Gasteiger partial charge in [0.1, 0.15) is 17.5 Å². The lowest BCUT2D eigenvalue weighted by Crippen LogP contribution is -2.50. The first-order valence-corrected chi connectivity index (χ1v) is 9.00. The number of nitrogens with zero attached hydrogens (tertiary/aromatic N) is 4. The van der Waals surface area contributed by atoms with Crippen molar-refractivity contribution in [2.75, 3.05) is 36.4 Å². The smallest absolute Gasteiger partial charge is 0.322 e. The molecule has 1 aliphatic heterocycles. The molecule has 0 bridgehead atoms. The number of carbonyl (C=O) groups excluding carboxylic acids is 1. The molecule has 0 spiro atoms. The van der Waals surface area contributed by atoms with E-state index in [0.717, 1.165) is 5.82 Å². The average Bonchev–Trinajstić information content (AvgIpc) is 2.62. The van der Waals surface area contributed by atoms with Crippen molar-refractivity contribution in [1.82, 2.24) is 14.9 Å². The number of halogens is 1. The van der Waals surface area contributed by atoms with E-state index in [1.54, 1.807) is 23.1 Å². The standard InChI is InChI=1S/C19H24FN5O2/c1-13(2)27-18-12-17(21-14(3)22-18)24-8-10-25(11-9-24)19(26)23-16-7-5-4-6-15(16)20/h4-7,12-13H,8-11H2,1-3H3,(H,23,26). The van der Waals surface area contributed by atoms with Crippen LogP contribution in [0, 0.1) is 12.7 Å². The summed E-state index contributed by atoms with van der Waals surface area (Å²) in [5, 5.41) is 2.62. The van der Waals surface area contributed by atoms with Crippen LogP contribution in [0.4, 0.5) is 20.7 Å². The zero-order valence-electron chi connectivity index (χ0n) is 15.8. The summed E-state index contributed by atoms with van der Waals surface area (Å²) in [4.78, 5) is 24.9. The number of aromatic nitrogens is 2. The molecule has 0 unspecified atom stereocenters. The van der Waals surface area contributed by atoms with Crippen LogP contribution >= 0.6 is 0 Å². The number of aryl methyl sites for hydroxylation is 1. The molecule has 2 heterocycles. The molecule has 27 heavy (non-hydrogen) atoms. The minimum absolute atomic E-state index is 0.0334. The molecule has 8 heteroatoms. The molecule has 0 saturated carbocycles. The second-order valence-corrected chi connectivity index (χ2v) is 6.66. The topological polar surface area (TPSA) is 70.6 Å². The van der Waals surface area contributed by atoms with E-state index in [1.165, 1.54) is 6.07 Å². The second kappa shape index (κ2) is 8.20. The van der Waals surface area contributed by atoms with Crippen molar-refractivity contribution in [3.05, 3.63) is 42.0 Å². The van der Waals surface area contributed by atoms with Crippen LogP contribution in [0.15, 0.2) is 30.3 Å². The first-order valence-electron chi connectivity index (χ1n) is 9.00. The van der Waals surface area contributed by atoms with Crippen molar-refractivity contribution in [2.45, 2.75) is 26.9 Å². The highest BCUT2D eigenvalue weighted by atomic mass is 19.1. The third kappa shape index (κ3) is 4.84. The summed E-state index contributed by atoms with van der Waals surface area (Å²) in [6.07, 6.45) is 0.0334. The zero-order valence-corrected chi connectivity index (χ0v) is 15.8. The molecule has 1 saturated heterocycles. The van der Waals surface area contributed by atoms with Crippen molar-refractivity contribution >= 4 is 17.5 Å². The van der Waals surface area contributed by atoms with Gasteiger partial charge >= 0.3 is 6.03 Å². The Balaban J connectivity index is 1.61. The molecular weight excluding hydrogens is 349 g/mol. The summed E-state index contributed by atoms with van der Waals surface area (Å²) in [7, 11) is 0. The second-order valence-electron chi connectivity index (χ2n) is 6.66. The van der Waals surface area contributed by atoms with Crippen molar-refractivity contribution in [3.63, 3.8) is 0 Å². The third-order valence-corrected chi connectivity index (χ3v) is 4.16. The molecule has 1 fully saturated rings. The van der Waals surface area contributed by atoms with Crippen LogP contribution in [0.1, 0.15) is 19.7 Å². The van der Waals surface area contributed by atoms with E-state index in [1.807, 2.05) is 26.8 Å². The van der Waals surface area contributed by atoms with Gasteiger partial charge in [0, 0.05) is 32.2 Å². The Hall–Kier alpha value is -2.90. The lowest BCUT2D eigenvalue weighted by Gasteiger charge is -2.35. The maximum atomic E-state index is 13.7. The molecule has 1 aromatic heterocycles. The van der Waals surface area contributed by atoms with Crippen LogP contribution in [0.3, 0.4) is 0 Å². The van der Waals surface area contributed by atoms with Gasteiger partial charge in [0.25, 0.3) is 0 Å². The number of rotatable bonds is 4. The monoisotopic (exact) mass is 373 g/mol. The molecule has 144 valence electrons. The van der Waals surface area contributed by atoms with Gasteiger partial charge in [0.05, 0.1) is 11.8 Å². The van der Waals surface area contributed by atoms with Gasteiger partial charge in [-0.25, -0.2) is 14.2 Å². The molecule has 0 radical (unpaired) electrons. The quantitative estimate of drug-likeness (QED) is 0.892. The Labute approximate surface area is 158 Å². The lowest BCUT2D eigenvalue weighted by molar-refractivity contribution is 0.207. The highest BCUT2D eigenvalue weighted by Gasteiger charge is 2.23. The number of hydrogen-bond acceptors (Lipinski definition) is 5. The maximum absolute atomic E-state index is 13.7. The first kappa shape index (κ1) is 18.9. The van der Waals surface area contributed by atoms with Crippen molar-refractivity contribution in [1.29, 1.82) is 0 Å². The number of amides is 2. The Kier molecular flexibility index (Phi) is 5.73. The summed E-state index contributed by atoms with van der Waals surface area (Å²) in [5.41, 5.74) is 0.187. The number of nitrogens with one attached hydrogen (secondary N) is 1. The van der Waals surface area contributed by atoms with E-state index < -0.39 is 5.82 Å². The Morgan fingerprint density at radius 2 is 1.89 bits per heavy atom. The molecule has 3 rings (SSSR count). The van der Waals surface area contributed by atoms with Crippen LogP contribution in [0.2, 0.25) is 0 Å².